The van der Waals surface area contributed by atoms with Gasteiger partial charge in [0, 0.05) is 5.92 Å². The minimum atomic E-state index is -0.275. The first-order valence-electron chi connectivity index (χ1n) is 4.47. The number of hydrogen-bond acceptors (Lipinski definition) is 2. The molecule has 0 N–H and O–H groups in total. The van der Waals surface area contributed by atoms with E-state index >= 15 is 0 Å². The van der Waals surface area contributed by atoms with Gasteiger partial charge in [-0.3, -0.25) is 0 Å². The van der Waals surface area contributed by atoms with E-state index in [1.165, 1.54) is 6.42 Å². The van der Waals surface area contributed by atoms with Crippen LogP contribution >= 0.6 is 0 Å². The van der Waals surface area contributed by atoms with Gasteiger partial charge in [-0.05, 0) is 26.7 Å². The summed E-state index contributed by atoms with van der Waals surface area (Å²) in [6.07, 6.45) is 3.06. The molecule has 0 amide bonds. The second-order valence-corrected chi connectivity index (χ2v) is 3.97. The van der Waals surface area contributed by atoms with E-state index in [4.69, 9.17) is 9.47 Å². The molecule has 2 fully saturated rings. The first kappa shape index (κ1) is 7.56. The van der Waals surface area contributed by atoms with E-state index in [2.05, 4.69) is 20.8 Å². The monoisotopic (exact) mass is 156 g/mol. The topological polar surface area (TPSA) is 18.5 Å². The lowest BCUT2D eigenvalue weighted by atomic mass is 9.93. The van der Waals surface area contributed by atoms with Gasteiger partial charge in [0.05, 0.1) is 12.2 Å². The molecule has 0 aromatic carbocycles. The summed E-state index contributed by atoms with van der Waals surface area (Å²) in [5.41, 5.74) is 0. The normalized spacial score (nSPS) is 56.5. The Kier molecular flexibility index (Phi) is 1.52. The summed E-state index contributed by atoms with van der Waals surface area (Å²) >= 11 is 0. The highest BCUT2D eigenvalue weighted by atomic mass is 16.8. The zero-order chi connectivity index (χ0) is 8.06. The van der Waals surface area contributed by atoms with Crippen LogP contribution < -0.4 is 0 Å². The van der Waals surface area contributed by atoms with E-state index in [1.54, 1.807) is 0 Å². The minimum Gasteiger partial charge on any atom is -0.344 e. The quantitative estimate of drug-likeness (QED) is 0.533. The molecule has 4 unspecified atom stereocenters. The van der Waals surface area contributed by atoms with Crippen LogP contribution in [0.4, 0.5) is 0 Å². The molecule has 0 radical (unpaired) electrons. The molecule has 64 valence electrons. The van der Waals surface area contributed by atoms with Crippen molar-refractivity contribution in [1.29, 1.82) is 0 Å². The fourth-order valence-electron chi connectivity index (χ4n) is 2.07. The maximum Gasteiger partial charge on any atom is 0.169 e. The third-order valence-electron chi connectivity index (χ3n) is 3.11. The van der Waals surface area contributed by atoms with Crippen molar-refractivity contribution in [2.24, 2.45) is 5.92 Å². The van der Waals surface area contributed by atoms with Crippen molar-refractivity contribution >= 4 is 0 Å². The number of rotatable bonds is 0. The fourth-order valence-corrected chi connectivity index (χ4v) is 2.07. The summed E-state index contributed by atoms with van der Waals surface area (Å²) in [5.74, 6) is 0.270. The van der Waals surface area contributed by atoms with Gasteiger partial charge >= 0.3 is 0 Å². The molecule has 2 saturated heterocycles. The molecule has 2 heteroatoms. The first-order chi connectivity index (χ1) is 5.12. The van der Waals surface area contributed by atoms with Crippen molar-refractivity contribution < 1.29 is 9.47 Å². The maximum atomic E-state index is 5.79. The van der Waals surface area contributed by atoms with Gasteiger partial charge in [0.2, 0.25) is 0 Å². The molecule has 0 saturated carbocycles. The van der Waals surface area contributed by atoms with Crippen LogP contribution in [0.15, 0.2) is 0 Å². The zero-order valence-electron chi connectivity index (χ0n) is 7.46. The Bertz CT molecular complexity index is 163. The Morgan fingerprint density at radius 2 is 1.91 bits per heavy atom. The van der Waals surface area contributed by atoms with Gasteiger partial charge in [-0.1, -0.05) is 6.92 Å². The molecule has 2 rings (SSSR count). The van der Waals surface area contributed by atoms with Crippen molar-refractivity contribution in [3.8, 4) is 0 Å². The summed E-state index contributed by atoms with van der Waals surface area (Å²) < 4.78 is 11.5. The average molecular weight is 156 g/mol. The fraction of sp³-hybridized carbons (Fsp3) is 1.00. The Labute approximate surface area is 67.9 Å². The van der Waals surface area contributed by atoms with Gasteiger partial charge < -0.3 is 9.47 Å². The van der Waals surface area contributed by atoms with Crippen LogP contribution in [0, 0.1) is 5.92 Å². The van der Waals surface area contributed by atoms with Gasteiger partial charge in [-0.25, -0.2) is 0 Å². The van der Waals surface area contributed by atoms with E-state index in [9.17, 15) is 0 Å². The molecule has 0 aromatic rings. The van der Waals surface area contributed by atoms with Crippen molar-refractivity contribution in [2.45, 2.75) is 51.6 Å². The lowest BCUT2D eigenvalue weighted by molar-refractivity contribution is -0.209. The largest absolute Gasteiger partial charge is 0.344 e. The standard InChI is InChI=1S/C9H16O2/c1-6-4-5-8-7(2)10-9(6,3)11-8/h6-8H,4-5H2,1-3H3. The Morgan fingerprint density at radius 1 is 1.18 bits per heavy atom. The average Bonchev–Trinajstić information content (AvgIpc) is 2.18. The summed E-state index contributed by atoms with van der Waals surface area (Å²) in [6, 6.07) is 0. The molecule has 2 bridgehead atoms. The molecule has 2 aliphatic heterocycles. The first-order valence-corrected chi connectivity index (χ1v) is 4.47. The second-order valence-electron chi connectivity index (χ2n) is 3.97. The van der Waals surface area contributed by atoms with Gasteiger partial charge in [0.15, 0.2) is 5.79 Å². The Morgan fingerprint density at radius 3 is 2.55 bits per heavy atom. The van der Waals surface area contributed by atoms with Crippen LogP contribution in [0.1, 0.15) is 33.6 Å². The highest BCUT2D eigenvalue weighted by Gasteiger charge is 2.49. The number of hydrogen-bond donors (Lipinski definition) is 0. The molecule has 2 nitrogen and oxygen atoms in total. The minimum absolute atomic E-state index is 0.275. The third kappa shape index (κ3) is 1.00. The van der Waals surface area contributed by atoms with E-state index in [-0.39, 0.29) is 5.79 Å². The van der Waals surface area contributed by atoms with Gasteiger partial charge in [-0.15, -0.1) is 0 Å². The highest BCUT2D eigenvalue weighted by molar-refractivity contribution is 4.89. The SMILES string of the molecule is CC1OC2(C)OC1CCC2C. The molecule has 2 heterocycles. The van der Waals surface area contributed by atoms with E-state index < -0.39 is 0 Å². The highest BCUT2D eigenvalue weighted by Crippen LogP contribution is 2.42. The van der Waals surface area contributed by atoms with E-state index in [1.807, 2.05) is 0 Å². The molecule has 2 aliphatic rings. The summed E-state index contributed by atoms with van der Waals surface area (Å²) in [4.78, 5) is 0. The predicted molar refractivity (Wildman–Crippen MR) is 42.2 cm³/mol. The van der Waals surface area contributed by atoms with E-state index in [0.29, 0.717) is 18.1 Å². The van der Waals surface area contributed by atoms with Crippen LogP contribution in [0.25, 0.3) is 0 Å². The predicted octanol–water partition coefficient (Wildman–Crippen LogP) is 1.94. The number of fused-ring (bicyclic) bond motifs is 2. The second kappa shape index (κ2) is 2.20. The van der Waals surface area contributed by atoms with Gasteiger partial charge in [-0.2, -0.15) is 0 Å². The Hall–Kier alpha value is -0.0800. The van der Waals surface area contributed by atoms with Crippen LogP contribution in [0.5, 0.6) is 0 Å². The zero-order valence-corrected chi connectivity index (χ0v) is 7.46. The molecular formula is C9H16O2. The van der Waals surface area contributed by atoms with E-state index in [0.717, 1.165) is 6.42 Å². The molecule has 4 atom stereocenters. The molecular weight excluding hydrogens is 140 g/mol. The maximum absolute atomic E-state index is 5.79. The lowest BCUT2D eigenvalue weighted by Crippen LogP contribution is -2.38. The lowest BCUT2D eigenvalue weighted by Gasteiger charge is -2.33. The third-order valence-corrected chi connectivity index (χ3v) is 3.11. The van der Waals surface area contributed by atoms with Crippen LogP contribution in [-0.2, 0) is 9.47 Å². The van der Waals surface area contributed by atoms with Crippen LogP contribution in [0.3, 0.4) is 0 Å². The molecule has 0 aliphatic carbocycles. The molecule has 11 heavy (non-hydrogen) atoms. The van der Waals surface area contributed by atoms with Crippen LogP contribution in [-0.4, -0.2) is 18.0 Å². The van der Waals surface area contributed by atoms with Crippen molar-refractivity contribution in [2.75, 3.05) is 0 Å². The smallest absolute Gasteiger partial charge is 0.169 e. The summed E-state index contributed by atoms with van der Waals surface area (Å²) in [5, 5.41) is 0. The molecule has 0 aromatic heterocycles. The Balaban J connectivity index is 2.20. The van der Waals surface area contributed by atoms with Crippen molar-refractivity contribution in [3.05, 3.63) is 0 Å². The van der Waals surface area contributed by atoms with Crippen molar-refractivity contribution in [1.82, 2.24) is 0 Å². The number of ether oxygens (including phenoxy) is 2. The van der Waals surface area contributed by atoms with Crippen molar-refractivity contribution in [3.63, 3.8) is 0 Å². The summed E-state index contributed by atoms with van der Waals surface area (Å²) in [6.45, 7) is 6.37. The van der Waals surface area contributed by atoms with Gasteiger partial charge in [0.25, 0.3) is 0 Å². The summed E-state index contributed by atoms with van der Waals surface area (Å²) in [7, 11) is 0. The van der Waals surface area contributed by atoms with Crippen LogP contribution in [0.2, 0.25) is 0 Å². The van der Waals surface area contributed by atoms with Gasteiger partial charge in [0.1, 0.15) is 0 Å². The molecule has 0 spiro atoms.